The topological polar surface area (TPSA) is 74.6 Å². The Morgan fingerprint density at radius 2 is 1.32 bits per heavy atom. The quantitative estimate of drug-likeness (QED) is 0.853. The first-order chi connectivity index (χ1) is 10.6. The highest BCUT2D eigenvalue weighted by Gasteiger charge is 2.14. The fourth-order valence-corrected chi connectivity index (χ4v) is 1.72. The van der Waals surface area contributed by atoms with Crippen LogP contribution in [0.4, 0.5) is 0 Å². The van der Waals surface area contributed by atoms with Gasteiger partial charge in [0, 0.05) is 0 Å². The average molecular weight is 302 g/mol. The van der Waals surface area contributed by atoms with Crippen molar-refractivity contribution in [3.05, 3.63) is 59.7 Å². The number of aromatic carboxylic acids is 2. The van der Waals surface area contributed by atoms with Crippen molar-refractivity contribution in [1.29, 1.82) is 0 Å². The Labute approximate surface area is 131 Å². The highest BCUT2D eigenvalue weighted by molar-refractivity contribution is 5.99. The summed E-state index contributed by atoms with van der Waals surface area (Å²) in [4.78, 5) is 22.0. The van der Waals surface area contributed by atoms with E-state index in [1.165, 1.54) is 18.2 Å². The molecule has 0 unspecified atom stereocenters. The molecule has 0 aliphatic rings. The van der Waals surface area contributed by atoms with Gasteiger partial charge >= 0.3 is 11.9 Å². The summed E-state index contributed by atoms with van der Waals surface area (Å²) in [5.41, 5.74) is 1.20. The van der Waals surface area contributed by atoms with Crippen LogP contribution in [-0.2, 0) is 0 Å². The van der Waals surface area contributed by atoms with Gasteiger partial charge in [-0.15, -0.1) is 0 Å². The summed E-state index contributed by atoms with van der Waals surface area (Å²) in [5, 5.41) is 18.0. The van der Waals surface area contributed by atoms with E-state index in [0.29, 0.717) is 5.56 Å². The Balaban J connectivity index is 0.00000102. The lowest BCUT2D eigenvalue weighted by molar-refractivity contribution is 0.0696. The molecule has 0 radical (unpaired) electrons. The van der Waals surface area contributed by atoms with Crippen molar-refractivity contribution < 1.29 is 19.8 Å². The maximum atomic E-state index is 11.2. The van der Waals surface area contributed by atoms with Gasteiger partial charge < -0.3 is 10.2 Å². The zero-order valence-corrected chi connectivity index (χ0v) is 13.3. The smallest absolute Gasteiger partial charge is 0.336 e. The Hall–Kier alpha value is -2.62. The molecular weight excluding hydrogens is 280 g/mol. The van der Waals surface area contributed by atoms with E-state index in [1.807, 2.05) is 33.8 Å². The summed E-state index contributed by atoms with van der Waals surface area (Å²) < 4.78 is 0. The summed E-state index contributed by atoms with van der Waals surface area (Å²) in [5.74, 6) is -2.28. The molecule has 0 aromatic heterocycles. The average Bonchev–Trinajstić information content (AvgIpc) is 2.58. The highest BCUT2D eigenvalue weighted by Crippen LogP contribution is 2.24. The molecule has 4 heteroatoms. The molecule has 0 amide bonds. The Bertz CT molecular complexity index is 604. The van der Waals surface area contributed by atoms with Crippen molar-refractivity contribution in [2.75, 3.05) is 0 Å². The maximum Gasteiger partial charge on any atom is 0.336 e. The van der Waals surface area contributed by atoms with Crippen LogP contribution in [0.2, 0.25) is 0 Å². The minimum Gasteiger partial charge on any atom is -0.478 e. The first-order valence-corrected chi connectivity index (χ1v) is 7.25. The van der Waals surface area contributed by atoms with E-state index < -0.39 is 11.9 Å². The van der Waals surface area contributed by atoms with E-state index in [2.05, 4.69) is 0 Å². The van der Waals surface area contributed by atoms with Crippen molar-refractivity contribution in [2.24, 2.45) is 0 Å². The molecule has 0 saturated carbocycles. The van der Waals surface area contributed by atoms with E-state index in [9.17, 15) is 9.59 Å². The number of carboxylic acids is 2. The van der Waals surface area contributed by atoms with Gasteiger partial charge in [-0.1, -0.05) is 64.1 Å². The molecule has 22 heavy (non-hydrogen) atoms. The van der Waals surface area contributed by atoms with Crippen LogP contribution in [0.25, 0.3) is 11.1 Å². The number of hydrogen-bond acceptors (Lipinski definition) is 2. The molecule has 2 aromatic rings. The van der Waals surface area contributed by atoms with E-state index in [1.54, 1.807) is 24.3 Å². The lowest BCUT2D eigenvalue weighted by atomic mass is 9.97. The summed E-state index contributed by atoms with van der Waals surface area (Å²) in [7, 11) is 0. The van der Waals surface area contributed by atoms with Crippen LogP contribution in [0.3, 0.4) is 0 Å². The molecule has 0 heterocycles. The normalized spacial score (nSPS) is 8.73. The first kappa shape index (κ1) is 19.4. The predicted molar refractivity (Wildman–Crippen MR) is 88.5 cm³/mol. The zero-order valence-electron chi connectivity index (χ0n) is 13.3. The number of carbonyl (C=O) groups is 2. The number of benzene rings is 2. The lowest BCUT2D eigenvalue weighted by Crippen LogP contribution is -2.04. The van der Waals surface area contributed by atoms with Gasteiger partial charge in [0.25, 0.3) is 0 Å². The number of rotatable bonds is 3. The molecule has 0 saturated heterocycles. The fraction of sp³-hybridized carbons (Fsp3) is 0.222. The van der Waals surface area contributed by atoms with Gasteiger partial charge in [-0.2, -0.15) is 0 Å². The summed E-state index contributed by atoms with van der Waals surface area (Å²) >= 11 is 0. The van der Waals surface area contributed by atoms with Crippen LogP contribution in [0, 0.1) is 0 Å². The molecule has 2 rings (SSSR count). The van der Waals surface area contributed by atoms with Crippen molar-refractivity contribution in [1.82, 2.24) is 0 Å². The summed E-state index contributed by atoms with van der Waals surface area (Å²) in [6.45, 7) is 8.00. The fourth-order valence-electron chi connectivity index (χ4n) is 1.72. The van der Waals surface area contributed by atoms with Crippen LogP contribution < -0.4 is 0 Å². The standard InChI is InChI=1S/C14H10O4.2C2H6/c15-13(16)10-6-7-11(12(8-10)14(17)18)9-4-2-1-3-5-9;2*1-2/h1-8H,(H,15,16)(H,17,18);2*1-2H3. The zero-order chi connectivity index (χ0) is 17.1. The van der Waals surface area contributed by atoms with E-state index in [4.69, 9.17) is 10.2 Å². The molecule has 0 fully saturated rings. The molecule has 4 nitrogen and oxygen atoms in total. The van der Waals surface area contributed by atoms with Crippen LogP contribution in [-0.4, -0.2) is 22.2 Å². The molecule has 2 aromatic carbocycles. The monoisotopic (exact) mass is 302 g/mol. The van der Waals surface area contributed by atoms with Gasteiger partial charge in [0.15, 0.2) is 0 Å². The third-order valence-electron chi connectivity index (χ3n) is 2.58. The van der Waals surface area contributed by atoms with Crippen molar-refractivity contribution in [3.8, 4) is 11.1 Å². The third-order valence-corrected chi connectivity index (χ3v) is 2.58. The van der Waals surface area contributed by atoms with Crippen LogP contribution in [0.5, 0.6) is 0 Å². The van der Waals surface area contributed by atoms with Gasteiger partial charge in [0.1, 0.15) is 0 Å². The number of hydrogen-bond donors (Lipinski definition) is 2. The Morgan fingerprint density at radius 1 is 0.773 bits per heavy atom. The molecule has 2 N–H and O–H groups in total. The maximum absolute atomic E-state index is 11.2. The second kappa shape index (κ2) is 10.2. The largest absolute Gasteiger partial charge is 0.478 e. The lowest BCUT2D eigenvalue weighted by Gasteiger charge is -2.07. The highest BCUT2D eigenvalue weighted by atomic mass is 16.4. The molecule has 0 bridgehead atoms. The molecule has 0 aliphatic heterocycles. The Morgan fingerprint density at radius 3 is 1.77 bits per heavy atom. The van der Waals surface area contributed by atoms with E-state index in [0.717, 1.165) is 5.56 Å². The minimum atomic E-state index is -1.14. The third kappa shape index (κ3) is 5.05. The molecule has 0 aliphatic carbocycles. The Kier molecular flexibility index (Phi) is 8.95. The van der Waals surface area contributed by atoms with Crippen LogP contribution in [0.15, 0.2) is 48.5 Å². The van der Waals surface area contributed by atoms with Crippen molar-refractivity contribution in [2.45, 2.75) is 27.7 Å². The SMILES string of the molecule is CC.CC.O=C(O)c1ccc(-c2ccccc2)c(C(=O)O)c1. The van der Waals surface area contributed by atoms with Gasteiger partial charge in [-0.25, -0.2) is 9.59 Å². The van der Waals surface area contributed by atoms with E-state index >= 15 is 0 Å². The second-order valence-electron chi connectivity index (χ2n) is 3.74. The molecule has 0 atom stereocenters. The molecular formula is C18H22O4. The van der Waals surface area contributed by atoms with Crippen LogP contribution in [0.1, 0.15) is 48.4 Å². The summed E-state index contributed by atoms with van der Waals surface area (Å²) in [6.07, 6.45) is 0. The summed E-state index contributed by atoms with van der Waals surface area (Å²) in [6, 6.07) is 13.1. The first-order valence-electron chi connectivity index (χ1n) is 7.25. The minimum absolute atomic E-state index is 0.0129. The van der Waals surface area contributed by atoms with Gasteiger partial charge in [0.05, 0.1) is 11.1 Å². The molecule has 118 valence electrons. The van der Waals surface area contributed by atoms with Crippen molar-refractivity contribution in [3.63, 3.8) is 0 Å². The molecule has 0 spiro atoms. The number of carboxylic acid groups (broad SMARTS) is 2. The van der Waals surface area contributed by atoms with Crippen molar-refractivity contribution >= 4 is 11.9 Å². The predicted octanol–water partition coefficient (Wildman–Crippen LogP) is 4.80. The van der Waals surface area contributed by atoms with Gasteiger partial charge in [-0.05, 0) is 23.3 Å². The second-order valence-corrected chi connectivity index (χ2v) is 3.74. The van der Waals surface area contributed by atoms with E-state index in [-0.39, 0.29) is 11.1 Å². The van der Waals surface area contributed by atoms with Gasteiger partial charge in [0.2, 0.25) is 0 Å². The van der Waals surface area contributed by atoms with Gasteiger partial charge in [-0.3, -0.25) is 0 Å². The van der Waals surface area contributed by atoms with Crippen LogP contribution >= 0.6 is 0 Å².